The van der Waals surface area contributed by atoms with Crippen LogP contribution in [0.3, 0.4) is 0 Å². The van der Waals surface area contributed by atoms with E-state index in [4.69, 9.17) is 17.0 Å². The zero-order valence-electron chi connectivity index (χ0n) is 11.1. The van der Waals surface area contributed by atoms with Gasteiger partial charge in [0, 0.05) is 5.92 Å². The van der Waals surface area contributed by atoms with Gasteiger partial charge in [0.05, 0.1) is 7.11 Å². The van der Waals surface area contributed by atoms with E-state index >= 15 is 0 Å². The Hall–Kier alpha value is -1.95. The van der Waals surface area contributed by atoms with Crippen LogP contribution in [0, 0.1) is 4.77 Å². The fourth-order valence-electron chi connectivity index (χ4n) is 2.33. The van der Waals surface area contributed by atoms with Crippen molar-refractivity contribution in [1.82, 2.24) is 14.8 Å². The van der Waals surface area contributed by atoms with Crippen molar-refractivity contribution in [3.8, 4) is 0 Å². The Kier molecular flexibility index (Phi) is 3.40. The molecule has 1 aromatic carbocycles. The van der Waals surface area contributed by atoms with E-state index < -0.39 is 6.04 Å². The Morgan fingerprint density at radius 2 is 2.15 bits per heavy atom. The molecule has 5 nitrogen and oxygen atoms in total. The molecule has 0 amide bonds. The molecule has 1 aliphatic carbocycles. The first-order valence-electron chi connectivity index (χ1n) is 6.52. The van der Waals surface area contributed by atoms with Gasteiger partial charge in [-0.25, -0.2) is 4.79 Å². The minimum absolute atomic E-state index is 0.337. The van der Waals surface area contributed by atoms with Gasteiger partial charge in [0.2, 0.25) is 0 Å². The quantitative estimate of drug-likeness (QED) is 0.694. The number of hydrogen-bond donors (Lipinski definition) is 1. The Morgan fingerprint density at radius 3 is 2.75 bits per heavy atom. The van der Waals surface area contributed by atoms with Crippen LogP contribution >= 0.6 is 12.2 Å². The third kappa shape index (κ3) is 2.27. The van der Waals surface area contributed by atoms with Gasteiger partial charge >= 0.3 is 5.97 Å². The molecule has 1 N–H and O–H groups in total. The average molecular weight is 289 g/mol. The van der Waals surface area contributed by atoms with E-state index in [1.54, 1.807) is 4.57 Å². The smallest absolute Gasteiger partial charge is 0.333 e. The van der Waals surface area contributed by atoms with Gasteiger partial charge in [-0.15, -0.1) is 0 Å². The minimum atomic E-state index is -0.581. The minimum Gasteiger partial charge on any atom is -0.467 e. The maximum atomic E-state index is 12.2. The summed E-state index contributed by atoms with van der Waals surface area (Å²) < 4.78 is 7.19. The summed E-state index contributed by atoms with van der Waals surface area (Å²) in [5.41, 5.74) is 0.846. The highest BCUT2D eigenvalue weighted by molar-refractivity contribution is 7.71. The normalized spacial score (nSPS) is 15.8. The van der Waals surface area contributed by atoms with Crippen molar-refractivity contribution in [1.29, 1.82) is 0 Å². The number of hydrogen-bond acceptors (Lipinski definition) is 4. The van der Waals surface area contributed by atoms with Crippen molar-refractivity contribution in [2.75, 3.05) is 7.11 Å². The number of nitrogens with one attached hydrogen (secondary N) is 1. The topological polar surface area (TPSA) is 59.9 Å². The van der Waals surface area contributed by atoms with E-state index in [0.717, 1.165) is 24.2 Å². The van der Waals surface area contributed by atoms with Crippen LogP contribution in [-0.4, -0.2) is 27.8 Å². The highest BCUT2D eigenvalue weighted by atomic mass is 32.1. The zero-order valence-corrected chi connectivity index (χ0v) is 11.9. The zero-order chi connectivity index (χ0) is 14.1. The number of nitrogens with zero attached hydrogens (tertiary/aromatic N) is 2. The highest BCUT2D eigenvalue weighted by Crippen LogP contribution is 2.40. The van der Waals surface area contributed by atoms with Crippen molar-refractivity contribution < 1.29 is 9.53 Å². The molecule has 0 spiro atoms. The van der Waals surface area contributed by atoms with Gasteiger partial charge in [-0.3, -0.25) is 9.67 Å². The van der Waals surface area contributed by atoms with Crippen molar-refractivity contribution >= 4 is 18.2 Å². The number of carbonyl (C=O) groups excluding carboxylic acids is 1. The van der Waals surface area contributed by atoms with Crippen molar-refractivity contribution in [2.24, 2.45) is 0 Å². The Morgan fingerprint density at radius 1 is 1.45 bits per heavy atom. The van der Waals surface area contributed by atoms with Crippen molar-refractivity contribution in [3.05, 3.63) is 46.5 Å². The Balaban J connectivity index is 2.13. The fraction of sp³-hybridized carbons (Fsp3) is 0.357. The van der Waals surface area contributed by atoms with Crippen molar-refractivity contribution in [3.63, 3.8) is 0 Å². The fourth-order valence-corrected chi connectivity index (χ4v) is 2.58. The second-order valence-corrected chi connectivity index (χ2v) is 5.25. The standard InChI is InChI=1S/C14H15N3O2S/c1-19-13(18)11(9-5-3-2-4-6-9)17-12(10-7-8-10)15-16-14(17)20/h2-6,10-11H,7-8H2,1H3,(H,16,20). The SMILES string of the molecule is COC(=O)C(c1ccccc1)n1c(C2CC2)n[nH]c1=S. The molecular formula is C14H15N3O2S. The molecule has 1 aromatic heterocycles. The van der Waals surface area contributed by atoms with E-state index in [0.29, 0.717) is 10.7 Å². The molecule has 2 aromatic rings. The monoisotopic (exact) mass is 289 g/mol. The third-order valence-corrected chi connectivity index (χ3v) is 3.76. The molecule has 1 heterocycles. The predicted octanol–water partition coefficient (Wildman–Crippen LogP) is 2.58. The molecule has 1 fully saturated rings. The summed E-state index contributed by atoms with van der Waals surface area (Å²) in [5, 5.41) is 7.07. The lowest BCUT2D eigenvalue weighted by Crippen LogP contribution is -2.24. The molecule has 0 saturated heterocycles. The van der Waals surface area contributed by atoms with Gasteiger partial charge in [0.1, 0.15) is 5.82 Å². The van der Waals surface area contributed by atoms with Crippen molar-refractivity contribution in [2.45, 2.75) is 24.8 Å². The summed E-state index contributed by atoms with van der Waals surface area (Å²) in [7, 11) is 1.39. The van der Waals surface area contributed by atoms with Gasteiger partial charge in [0.15, 0.2) is 10.8 Å². The molecule has 3 rings (SSSR count). The van der Waals surface area contributed by atoms with Crippen LogP contribution in [0.2, 0.25) is 0 Å². The number of rotatable bonds is 4. The summed E-state index contributed by atoms with van der Waals surface area (Å²) in [4.78, 5) is 12.2. The van der Waals surface area contributed by atoms with Crippen LogP contribution in [0.1, 0.15) is 36.2 Å². The lowest BCUT2D eigenvalue weighted by atomic mass is 10.1. The number of H-pyrrole nitrogens is 1. The summed E-state index contributed by atoms with van der Waals surface area (Å²) in [5.74, 6) is 0.892. The predicted molar refractivity (Wildman–Crippen MR) is 76.0 cm³/mol. The van der Waals surface area contributed by atoms with Crippen LogP contribution in [0.15, 0.2) is 30.3 Å². The number of aromatic nitrogens is 3. The largest absolute Gasteiger partial charge is 0.467 e. The summed E-state index contributed by atoms with van der Waals surface area (Å²) in [6.45, 7) is 0. The maximum absolute atomic E-state index is 12.2. The molecular weight excluding hydrogens is 274 g/mol. The number of carbonyl (C=O) groups is 1. The van der Waals surface area contributed by atoms with Crippen LogP contribution in [-0.2, 0) is 9.53 Å². The molecule has 1 saturated carbocycles. The molecule has 0 radical (unpaired) electrons. The first kappa shape index (κ1) is 13.1. The molecule has 1 atom stereocenters. The molecule has 1 unspecified atom stereocenters. The number of methoxy groups -OCH3 is 1. The van der Waals surface area contributed by atoms with E-state index in [-0.39, 0.29) is 5.97 Å². The van der Waals surface area contributed by atoms with Gasteiger partial charge in [-0.05, 0) is 30.6 Å². The van der Waals surface area contributed by atoms with Gasteiger partial charge in [-0.1, -0.05) is 30.3 Å². The Bertz CT molecular complexity index is 673. The van der Waals surface area contributed by atoms with E-state index in [2.05, 4.69) is 10.2 Å². The van der Waals surface area contributed by atoms with Crippen LogP contribution in [0.4, 0.5) is 0 Å². The number of benzene rings is 1. The first-order valence-corrected chi connectivity index (χ1v) is 6.92. The van der Waals surface area contributed by atoms with E-state index in [9.17, 15) is 4.79 Å². The number of esters is 1. The Labute approximate surface area is 121 Å². The van der Waals surface area contributed by atoms with Gasteiger partial charge in [-0.2, -0.15) is 5.10 Å². The van der Waals surface area contributed by atoms with E-state index in [1.807, 2.05) is 30.3 Å². The number of aromatic amines is 1. The maximum Gasteiger partial charge on any atom is 0.333 e. The summed E-state index contributed by atoms with van der Waals surface area (Å²) in [6, 6.07) is 8.91. The average Bonchev–Trinajstić information content (AvgIpc) is 3.25. The molecule has 0 bridgehead atoms. The van der Waals surface area contributed by atoms with Gasteiger partial charge < -0.3 is 4.74 Å². The lowest BCUT2D eigenvalue weighted by Gasteiger charge is -2.18. The second-order valence-electron chi connectivity index (χ2n) is 4.87. The van der Waals surface area contributed by atoms with Gasteiger partial charge in [0.25, 0.3) is 0 Å². The highest BCUT2D eigenvalue weighted by Gasteiger charge is 2.34. The third-order valence-electron chi connectivity index (χ3n) is 3.47. The molecule has 1 aliphatic rings. The summed E-state index contributed by atoms with van der Waals surface area (Å²) >= 11 is 5.30. The lowest BCUT2D eigenvalue weighted by molar-refractivity contribution is -0.143. The van der Waals surface area contributed by atoms with Crippen LogP contribution < -0.4 is 0 Å². The molecule has 20 heavy (non-hydrogen) atoms. The molecule has 104 valence electrons. The molecule has 0 aliphatic heterocycles. The van der Waals surface area contributed by atoms with Crippen LogP contribution in [0.5, 0.6) is 0 Å². The van der Waals surface area contributed by atoms with E-state index in [1.165, 1.54) is 7.11 Å². The first-order chi connectivity index (χ1) is 9.72. The van der Waals surface area contributed by atoms with Crippen LogP contribution in [0.25, 0.3) is 0 Å². The molecule has 6 heteroatoms. The second kappa shape index (κ2) is 5.20. The summed E-state index contributed by atoms with van der Waals surface area (Å²) in [6.07, 6.45) is 2.17. The number of ether oxygens (including phenoxy) is 1.